The Labute approximate surface area is 279 Å². The van der Waals surface area contributed by atoms with Gasteiger partial charge in [-0.25, -0.2) is 9.97 Å². The van der Waals surface area contributed by atoms with Gasteiger partial charge in [-0.05, 0) is 78.8 Å². The van der Waals surface area contributed by atoms with Crippen LogP contribution in [0.1, 0.15) is 0 Å². The molecule has 2 heteroatoms. The second-order valence-corrected chi connectivity index (χ2v) is 12.2. The van der Waals surface area contributed by atoms with Crippen LogP contribution in [0.3, 0.4) is 0 Å². The summed E-state index contributed by atoms with van der Waals surface area (Å²) in [6, 6.07) is 64.5. The minimum absolute atomic E-state index is 0.704. The summed E-state index contributed by atoms with van der Waals surface area (Å²) in [4.78, 5) is 10.3. The predicted molar refractivity (Wildman–Crippen MR) is 202 cm³/mol. The van der Waals surface area contributed by atoms with Gasteiger partial charge in [0.15, 0.2) is 5.82 Å². The fourth-order valence-electron chi connectivity index (χ4n) is 6.89. The molecule has 0 spiro atoms. The molecule has 0 aliphatic carbocycles. The first-order valence-electron chi connectivity index (χ1n) is 16.3. The molecule has 9 aromatic rings. The summed E-state index contributed by atoms with van der Waals surface area (Å²) in [6.45, 7) is 0. The Morgan fingerprint density at radius 2 is 0.646 bits per heavy atom. The lowest BCUT2D eigenvalue weighted by molar-refractivity contribution is 1.18. The summed E-state index contributed by atoms with van der Waals surface area (Å²) >= 11 is 0. The Balaban J connectivity index is 1.19. The molecule has 0 saturated heterocycles. The van der Waals surface area contributed by atoms with Gasteiger partial charge in [0.2, 0.25) is 0 Å². The SMILES string of the molecule is c1ccc(-c2cccc(-c3cc(-c4ccccc4)nc(-c4cccc(-c5ccc6c7ccccc7c7ccccc7c6c5)c4)n3)c2)cc1. The van der Waals surface area contributed by atoms with E-state index in [1.807, 2.05) is 12.1 Å². The van der Waals surface area contributed by atoms with E-state index in [1.165, 1.54) is 43.4 Å². The van der Waals surface area contributed by atoms with Crippen LogP contribution in [0.25, 0.3) is 88.5 Å². The van der Waals surface area contributed by atoms with Gasteiger partial charge < -0.3 is 0 Å². The lowest BCUT2D eigenvalue weighted by Crippen LogP contribution is -1.96. The van der Waals surface area contributed by atoms with Crippen molar-refractivity contribution >= 4 is 32.3 Å². The van der Waals surface area contributed by atoms with Gasteiger partial charge in [-0.15, -0.1) is 0 Å². The first kappa shape index (κ1) is 27.9. The predicted octanol–water partition coefficient (Wildman–Crippen LogP) is 12.3. The zero-order chi connectivity index (χ0) is 31.9. The van der Waals surface area contributed by atoms with Crippen LogP contribution in [0.4, 0.5) is 0 Å². The summed E-state index contributed by atoms with van der Waals surface area (Å²) in [5.41, 5.74) is 9.53. The van der Waals surface area contributed by atoms with Crippen LogP contribution in [-0.2, 0) is 0 Å². The van der Waals surface area contributed by atoms with Crippen LogP contribution in [-0.4, -0.2) is 9.97 Å². The molecule has 0 fully saturated rings. The van der Waals surface area contributed by atoms with Crippen molar-refractivity contribution in [2.24, 2.45) is 0 Å². The Kier molecular flexibility index (Phi) is 6.84. The van der Waals surface area contributed by atoms with Gasteiger partial charge in [0.1, 0.15) is 0 Å². The molecule has 8 aromatic carbocycles. The fourth-order valence-corrected chi connectivity index (χ4v) is 6.89. The highest BCUT2D eigenvalue weighted by atomic mass is 14.9. The van der Waals surface area contributed by atoms with Gasteiger partial charge in [-0.3, -0.25) is 0 Å². The summed E-state index contributed by atoms with van der Waals surface area (Å²) in [6.07, 6.45) is 0. The van der Waals surface area contributed by atoms with Crippen molar-refractivity contribution in [2.75, 3.05) is 0 Å². The van der Waals surface area contributed by atoms with Crippen molar-refractivity contribution in [2.45, 2.75) is 0 Å². The minimum atomic E-state index is 0.704. The van der Waals surface area contributed by atoms with Crippen molar-refractivity contribution in [3.05, 3.63) is 182 Å². The van der Waals surface area contributed by atoms with Crippen LogP contribution in [0.2, 0.25) is 0 Å². The maximum Gasteiger partial charge on any atom is 0.160 e. The molecule has 0 amide bonds. The number of rotatable bonds is 5. The molecular weight excluding hydrogens is 581 g/mol. The van der Waals surface area contributed by atoms with E-state index in [-0.39, 0.29) is 0 Å². The van der Waals surface area contributed by atoms with E-state index in [0.717, 1.165) is 39.2 Å². The molecule has 0 radical (unpaired) electrons. The van der Waals surface area contributed by atoms with Crippen molar-refractivity contribution in [3.63, 3.8) is 0 Å². The Bertz CT molecular complexity index is 2570. The van der Waals surface area contributed by atoms with Crippen molar-refractivity contribution < 1.29 is 0 Å². The molecule has 1 aromatic heterocycles. The van der Waals surface area contributed by atoms with Crippen LogP contribution in [0.5, 0.6) is 0 Å². The smallest absolute Gasteiger partial charge is 0.160 e. The molecule has 0 unspecified atom stereocenters. The third kappa shape index (κ3) is 5.01. The number of benzene rings is 8. The summed E-state index contributed by atoms with van der Waals surface area (Å²) in [5.74, 6) is 0.704. The van der Waals surface area contributed by atoms with Crippen LogP contribution >= 0.6 is 0 Å². The lowest BCUT2D eigenvalue weighted by Gasteiger charge is -2.13. The average molecular weight is 611 g/mol. The van der Waals surface area contributed by atoms with E-state index < -0.39 is 0 Å². The molecule has 224 valence electrons. The number of aromatic nitrogens is 2. The maximum absolute atomic E-state index is 5.18. The first-order valence-corrected chi connectivity index (χ1v) is 16.3. The molecule has 0 atom stereocenters. The van der Waals surface area contributed by atoms with E-state index in [9.17, 15) is 0 Å². The van der Waals surface area contributed by atoms with Gasteiger partial charge in [0.05, 0.1) is 11.4 Å². The first-order chi connectivity index (χ1) is 23.8. The molecular formula is C46H30N2. The second kappa shape index (κ2) is 11.8. The highest BCUT2D eigenvalue weighted by molar-refractivity contribution is 6.25. The monoisotopic (exact) mass is 610 g/mol. The molecule has 2 nitrogen and oxygen atoms in total. The molecule has 9 rings (SSSR count). The quantitative estimate of drug-likeness (QED) is 0.181. The summed E-state index contributed by atoms with van der Waals surface area (Å²) < 4.78 is 0. The summed E-state index contributed by atoms with van der Waals surface area (Å²) in [5, 5.41) is 7.64. The number of hydrogen-bond acceptors (Lipinski definition) is 2. The van der Waals surface area contributed by atoms with Crippen molar-refractivity contribution in [1.29, 1.82) is 0 Å². The van der Waals surface area contributed by atoms with E-state index >= 15 is 0 Å². The van der Waals surface area contributed by atoms with Crippen LogP contribution in [0.15, 0.2) is 182 Å². The number of fused-ring (bicyclic) bond motifs is 6. The van der Waals surface area contributed by atoms with E-state index in [2.05, 4.69) is 170 Å². The van der Waals surface area contributed by atoms with Crippen molar-refractivity contribution in [3.8, 4) is 56.2 Å². The molecule has 0 saturated carbocycles. The molecule has 1 heterocycles. The summed E-state index contributed by atoms with van der Waals surface area (Å²) in [7, 11) is 0. The van der Waals surface area contributed by atoms with Crippen LogP contribution < -0.4 is 0 Å². The molecule has 0 aliphatic heterocycles. The normalized spacial score (nSPS) is 11.3. The van der Waals surface area contributed by atoms with E-state index in [0.29, 0.717) is 5.82 Å². The molecule has 48 heavy (non-hydrogen) atoms. The van der Waals surface area contributed by atoms with E-state index in [1.54, 1.807) is 0 Å². The Morgan fingerprint density at radius 1 is 0.229 bits per heavy atom. The van der Waals surface area contributed by atoms with Gasteiger partial charge >= 0.3 is 0 Å². The van der Waals surface area contributed by atoms with Gasteiger partial charge in [0, 0.05) is 16.7 Å². The maximum atomic E-state index is 5.18. The second-order valence-electron chi connectivity index (χ2n) is 12.2. The molecule has 0 aliphatic rings. The number of hydrogen-bond donors (Lipinski definition) is 0. The highest BCUT2D eigenvalue weighted by Gasteiger charge is 2.14. The number of nitrogens with zero attached hydrogens (tertiary/aromatic N) is 2. The third-order valence-corrected chi connectivity index (χ3v) is 9.26. The largest absolute Gasteiger partial charge is 0.228 e. The van der Waals surface area contributed by atoms with Crippen molar-refractivity contribution in [1.82, 2.24) is 9.97 Å². The lowest BCUT2D eigenvalue weighted by atomic mass is 9.92. The van der Waals surface area contributed by atoms with Crippen LogP contribution in [0, 0.1) is 0 Å². The molecule has 0 bridgehead atoms. The minimum Gasteiger partial charge on any atom is -0.228 e. The topological polar surface area (TPSA) is 25.8 Å². The Hall–Kier alpha value is -6.38. The standard InChI is InChI=1S/C46H30N2/c1-3-13-31(14-4-1)33-17-11-19-36(27-33)45-30-44(32-15-5-2-6-16-32)47-46(48-45)37-20-12-18-34(28-37)35-25-26-42-40-23-8-7-21-38(40)39-22-9-10-24-41(39)43(42)29-35/h1-30H. The zero-order valence-corrected chi connectivity index (χ0v) is 26.2. The van der Waals surface area contributed by atoms with Gasteiger partial charge in [0.25, 0.3) is 0 Å². The van der Waals surface area contributed by atoms with Gasteiger partial charge in [-0.1, -0.05) is 158 Å². The molecule has 0 N–H and O–H groups in total. The Morgan fingerprint density at radius 3 is 1.29 bits per heavy atom. The van der Waals surface area contributed by atoms with Gasteiger partial charge in [-0.2, -0.15) is 0 Å². The van der Waals surface area contributed by atoms with E-state index in [4.69, 9.17) is 9.97 Å². The fraction of sp³-hybridized carbons (Fsp3) is 0. The zero-order valence-electron chi connectivity index (χ0n) is 26.2. The average Bonchev–Trinajstić information content (AvgIpc) is 3.18. The highest BCUT2D eigenvalue weighted by Crippen LogP contribution is 2.38. The third-order valence-electron chi connectivity index (χ3n) is 9.26.